The van der Waals surface area contributed by atoms with Crippen LogP contribution in [0.5, 0.6) is 0 Å². The lowest BCUT2D eigenvalue weighted by Gasteiger charge is -2.24. The summed E-state index contributed by atoms with van der Waals surface area (Å²) in [6.07, 6.45) is 7.12. The second-order valence-electron chi connectivity index (χ2n) is 2.64. The normalized spacial score (nSPS) is 20.6. The zero-order chi connectivity index (χ0) is 5.82. The predicted molar refractivity (Wildman–Crippen MR) is 39.0 cm³/mol. The summed E-state index contributed by atoms with van der Waals surface area (Å²) in [5.41, 5.74) is 0. The first-order valence-electron chi connectivity index (χ1n) is 3.51. The standard InChI is InChI=1S/C7H13S/c8-6-2-5-7-3-1-4-7/h7H,1-6H2. The minimum absolute atomic E-state index is 0.969. The van der Waals surface area contributed by atoms with E-state index in [0.29, 0.717) is 0 Å². The van der Waals surface area contributed by atoms with Crippen LogP contribution in [0.1, 0.15) is 32.1 Å². The zero-order valence-corrected chi connectivity index (χ0v) is 6.04. The molecular weight excluding hydrogens is 116 g/mol. The number of hydrogen-bond donors (Lipinski definition) is 0. The summed E-state index contributed by atoms with van der Waals surface area (Å²) in [6.45, 7) is 0. The lowest BCUT2D eigenvalue weighted by atomic mass is 9.82. The highest BCUT2D eigenvalue weighted by Gasteiger charge is 2.15. The summed E-state index contributed by atoms with van der Waals surface area (Å²) in [6, 6.07) is 0. The lowest BCUT2D eigenvalue weighted by Crippen LogP contribution is -2.10. The first kappa shape index (κ1) is 6.47. The van der Waals surface area contributed by atoms with Gasteiger partial charge >= 0.3 is 0 Å². The Labute approximate surface area is 57.1 Å². The molecule has 0 N–H and O–H groups in total. The quantitative estimate of drug-likeness (QED) is 0.549. The highest BCUT2D eigenvalue weighted by atomic mass is 32.1. The van der Waals surface area contributed by atoms with Crippen molar-refractivity contribution >= 4 is 12.6 Å². The van der Waals surface area contributed by atoms with E-state index in [4.69, 9.17) is 12.6 Å². The maximum atomic E-state index is 4.84. The van der Waals surface area contributed by atoms with Crippen LogP contribution in [0, 0.1) is 5.92 Å². The van der Waals surface area contributed by atoms with Gasteiger partial charge in [0.2, 0.25) is 0 Å². The molecule has 0 aromatic heterocycles. The van der Waals surface area contributed by atoms with Crippen LogP contribution in [0.3, 0.4) is 0 Å². The van der Waals surface area contributed by atoms with E-state index in [1.165, 1.54) is 32.1 Å². The van der Waals surface area contributed by atoms with Gasteiger partial charge in [0.15, 0.2) is 0 Å². The average molecular weight is 129 g/mol. The molecule has 1 radical (unpaired) electrons. The fraction of sp³-hybridized carbons (Fsp3) is 1.00. The summed E-state index contributed by atoms with van der Waals surface area (Å²) in [5.74, 6) is 2.04. The van der Waals surface area contributed by atoms with Gasteiger partial charge in [-0.3, -0.25) is 0 Å². The van der Waals surface area contributed by atoms with Gasteiger partial charge in [0.05, 0.1) is 0 Å². The third kappa shape index (κ3) is 1.70. The fourth-order valence-electron chi connectivity index (χ4n) is 1.15. The minimum Gasteiger partial charge on any atom is -0.0942 e. The predicted octanol–water partition coefficient (Wildman–Crippen LogP) is 2.76. The van der Waals surface area contributed by atoms with Crippen LogP contribution in [-0.2, 0) is 0 Å². The van der Waals surface area contributed by atoms with Crippen molar-refractivity contribution in [1.82, 2.24) is 0 Å². The van der Waals surface area contributed by atoms with E-state index in [9.17, 15) is 0 Å². The molecule has 0 amide bonds. The summed E-state index contributed by atoms with van der Waals surface area (Å²) in [5, 5.41) is 0. The molecule has 0 spiro atoms. The van der Waals surface area contributed by atoms with E-state index in [1.807, 2.05) is 0 Å². The first-order valence-corrected chi connectivity index (χ1v) is 4.09. The fourth-order valence-corrected chi connectivity index (χ4v) is 1.32. The van der Waals surface area contributed by atoms with Gasteiger partial charge in [0.25, 0.3) is 0 Å². The Balaban J connectivity index is 1.86. The summed E-state index contributed by atoms with van der Waals surface area (Å²) >= 11 is 4.84. The van der Waals surface area contributed by atoms with Gasteiger partial charge in [-0.15, -0.1) is 0 Å². The molecule has 0 atom stereocenters. The van der Waals surface area contributed by atoms with E-state index >= 15 is 0 Å². The van der Waals surface area contributed by atoms with Gasteiger partial charge in [-0.2, -0.15) is 0 Å². The average Bonchev–Trinajstić information content (AvgIpc) is 1.63. The van der Waals surface area contributed by atoms with Crippen molar-refractivity contribution in [2.45, 2.75) is 32.1 Å². The highest BCUT2D eigenvalue weighted by molar-refractivity contribution is 7.80. The Morgan fingerprint density at radius 3 is 2.50 bits per heavy atom. The van der Waals surface area contributed by atoms with Crippen LogP contribution in [0.4, 0.5) is 0 Å². The first-order chi connectivity index (χ1) is 3.93. The largest absolute Gasteiger partial charge is 0.0942 e. The second-order valence-corrected chi connectivity index (χ2v) is 3.05. The summed E-state index contributed by atoms with van der Waals surface area (Å²) in [7, 11) is 0. The molecule has 0 aliphatic heterocycles. The molecular formula is C7H13S. The van der Waals surface area contributed by atoms with Gasteiger partial charge in [-0.1, -0.05) is 31.9 Å². The maximum absolute atomic E-state index is 4.84. The Bertz CT molecular complexity index is 57.4. The summed E-state index contributed by atoms with van der Waals surface area (Å²) < 4.78 is 0. The summed E-state index contributed by atoms with van der Waals surface area (Å²) in [4.78, 5) is 0. The van der Waals surface area contributed by atoms with Gasteiger partial charge < -0.3 is 0 Å². The third-order valence-corrected chi connectivity index (χ3v) is 2.27. The molecule has 8 heavy (non-hydrogen) atoms. The van der Waals surface area contributed by atoms with Crippen LogP contribution in [0.2, 0.25) is 0 Å². The van der Waals surface area contributed by atoms with Gasteiger partial charge in [0, 0.05) is 5.75 Å². The van der Waals surface area contributed by atoms with Gasteiger partial charge in [0.1, 0.15) is 0 Å². The SMILES string of the molecule is [S]CCCC1CCC1. The molecule has 1 fully saturated rings. The van der Waals surface area contributed by atoms with Crippen molar-refractivity contribution in [2.24, 2.45) is 5.92 Å². The molecule has 0 aromatic rings. The lowest BCUT2D eigenvalue weighted by molar-refractivity contribution is 0.294. The minimum atomic E-state index is 0.969. The molecule has 1 rings (SSSR count). The number of rotatable bonds is 3. The molecule has 47 valence electrons. The molecule has 0 aromatic carbocycles. The van der Waals surface area contributed by atoms with Crippen LogP contribution in [0.15, 0.2) is 0 Å². The van der Waals surface area contributed by atoms with Gasteiger partial charge in [-0.25, -0.2) is 0 Å². The highest BCUT2D eigenvalue weighted by Crippen LogP contribution is 2.30. The van der Waals surface area contributed by atoms with E-state index in [1.54, 1.807) is 0 Å². The van der Waals surface area contributed by atoms with E-state index < -0.39 is 0 Å². The van der Waals surface area contributed by atoms with Crippen molar-refractivity contribution in [1.29, 1.82) is 0 Å². The van der Waals surface area contributed by atoms with E-state index in [2.05, 4.69) is 0 Å². The Morgan fingerprint density at radius 2 is 2.12 bits per heavy atom. The van der Waals surface area contributed by atoms with Crippen LogP contribution in [0.25, 0.3) is 0 Å². The molecule has 0 saturated heterocycles. The van der Waals surface area contributed by atoms with Crippen molar-refractivity contribution in [2.75, 3.05) is 5.75 Å². The molecule has 1 heteroatoms. The molecule has 0 heterocycles. The molecule has 0 nitrogen and oxygen atoms in total. The Hall–Kier alpha value is 0.350. The van der Waals surface area contributed by atoms with Crippen molar-refractivity contribution in [3.63, 3.8) is 0 Å². The Kier molecular flexibility index (Phi) is 2.74. The Morgan fingerprint density at radius 1 is 1.38 bits per heavy atom. The zero-order valence-electron chi connectivity index (χ0n) is 5.23. The number of hydrogen-bond acceptors (Lipinski definition) is 0. The smallest absolute Gasteiger partial charge is 0.00370 e. The molecule has 1 aliphatic rings. The molecule has 1 saturated carbocycles. The van der Waals surface area contributed by atoms with Crippen LogP contribution >= 0.6 is 12.6 Å². The van der Waals surface area contributed by atoms with Crippen LogP contribution < -0.4 is 0 Å². The maximum Gasteiger partial charge on any atom is 0.00370 e. The van der Waals surface area contributed by atoms with Gasteiger partial charge in [-0.05, 0) is 18.8 Å². The van der Waals surface area contributed by atoms with E-state index in [-0.39, 0.29) is 0 Å². The molecule has 0 unspecified atom stereocenters. The van der Waals surface area contributed by atoms with Crippen molar-refractivity contribution in [3.05, 3.63) is 0 Å². The monoisotopic (exact) mass is 129 g/mol. The van der Waals surface area contributed by atoms with Crippen LogP contribution in [-0.4, -0.2) is 5.75 Å². The second kappa shape index (κ2) is 3.39. The third-order valence-electron chi connectivity index (χ3n) is 1.98. The molecule has 1 aliphatic carbocycles. The van der Waals surface area contributed by atoms with Crippen molar-refractivity contribution in [3.8, 4) is 0 Å². The van der Waals surface area contributed by atoms with E-state index in [0.717, 1.165) is 11.7 Å². The van der Waals surface area contributed by atoms with Crippen molar-refractivity contribution < 1.29 is 0 Å². The topological polar surface area (TPSA) is 0 Å². The molecule has 0 bridgehead atoms.